The second kappa shape index (κ2) is 8.49. The number of benzene rings is 1. The number of carbonyl (C=O) groups excluding carboxylic acids is 1. The smallest absolute Gasteiger partial charge is 0.266 e. The van der Waals surface area contributed by atoms with Crippen molar-refractivity contribution in [3.63, 3.8) is 0 Å². The summed E-state index contributed by atoms with van der Waals surface area (Å²) in [7, 11) is 0. The predicted octanol–water partition coefficient (Wildman–Crippen LogP) is 4.10. The first-order valence-electron chi connectivity index (χ1n) is 8.32. The third-order valence-corrected chi connectivity index (χ3v) is 5.93. The summed E-state index contributed by atoms with van der Waals surface area (Å²) >= 11 is 2.89. The number of aryl methyl sites for hydroxylation is 2. The highest BCUT2D eigenvalue weighted by Gasteiger charge is 2.18. The summed E-state index contributed by atoms with van der Waals surface area (Å²) in [6, 6.07) is 6.12. The maximum Gasteiger partial charge on any atom is 0.266 e. The molecule has 1 amide bonds. The summed E-state index contributed by atoms with van der Waals surface area (Å²) in [6.07, 6.45) is 5.89. The van der Waals surface area contributed by atoms with Crippen LogP contribution in [0.5, 0.6) is 5.75 Å². The fourth-order valence-corrected chi connectivity index (χ4v) is 4.21. The molecular formula is C18H21N3O2S2. The number of rotatable bonds is 7. The van der Waals surface area contributed by atoms with E-state index < -0.39 is 6.10 Å². The largest absolute Gasteiger partial charge is 0.481 e. The molecule has 0 aliphatic heterocycles. The van der Waals surface area contributed by atoms with Crippen molar-refractivity contribution >= 4 is 34.1 Å². The quantitative estimate of drug-likeness (QED) is 0.448. The fraction of sp³-hybridized carbons (Fsp3) is 0.389. The number of hydrogen-bond acceptors (Lipinski definition) is 6. The molecule has 0 spiro atoms. The monoisotopic (exact) mass is 375 g/mol. The number of carbonyl (C=O) groups is 1. The van der Waals surface area contributed by atoms with E-state index in [0.717, 1.165) is 28.7 Å². The summed E-state index contributed by atoms with van der Waals surface area (Å²) in [6.45, 7) is 5.41. The maximum atomic E-state index is 12.3. The van der Waals surface area contributed by atoms with E-state index in [0.29, 0.717) is 5.13 Å². The van der Waals surface area contributed by atoms with E-state index in [-0.39, 0.29) is 5.91 Å². The molecule has 1 N–H and O–H groups in total. The number of ether oxygens (including phenoxy) is 1. The summed E-state index contributed by atoms with van der Waals surface area (Å²) in [5.41, 5.74) is 2.73. The van der Waals surface area contributed by atoms with Crippen molar-refractivity contribution < 1.29 is 9.53 Å². The van der Waals surface area contributed by atoms with Crippen molar-refractivity contribution in [2.24, 2.45) is 0 Å². The minimum atomic E-state index is -0.602. The van der Waals surface area contributed by atoms with Gasteiger partial charge in [-0.1, -0.05) is 35.2 Å². The molecule has 1 aliphatic rings. The van der Waals surface area contributed by atoms with Crippen LogP contribution in [0, 0.1) is 0 Å². The number of nitrogens with zero attached hydrogens (tertiary/aromatic N) is 2. The summed E-state index contributed by atoms with van der Waals surface area (Å²) < 4.78 is 6.62. The highest BCUT2D eigenvalue weighted by atomic mass is 32.2. The van der Waals surface area contributed by atoms with Crippen LogP contribution in [0.3, 0.4) is 0 Å². The maximum absolute atomic E-state index is 12.3. The first-order valence-corrected chi connectivity index (χ1v) is 10.1. The lowest BCUT2D eigenvalue weighted by Gasteiger charge is -2.18. The highest BCUT2D eigenvalue weighted by molar-refractivity contribution is 8.01. The van der Waals surface area contributed by atoms with Crippen LogP contribution in [-0.4, -0.2) is 28.0 Å². The van der Waals surface area contributed by atoms with Crippen molar-refractivity contribution in [3.05, 3.63) is 42.0 Å². The van der Waals surface area contributed by atoms with E-state index in [1.807, 2.05) is 6.07 Å². The third kappa shape index (κ3) is 4.83. The van der Waals surface area contributed by atoms with Crippen molar-refractivity contribution in [2.45, 2.75) is 43.1 Å². The summed E-state index contributed by atoms with van der Waals surface area (Å²) in [4.78, 5) is 12.3. The van der Waals surface area contributed by atoms with Crippen LogP contribution in [0.2, 0.25) is 0 Å². The van der Waals surface area contributed by atoms with Gasteiger partial charge >= 0.3 is 0 Å². The molecule has 2 aromatic rings. The standard InChI is InChI=1S/C18H21N3O2S2/c1-3-10-24-18-21-20-17(25-18)19-16(22)12(2)23-15-9-8-13-6-4-5-7-14(13)11-15/h3,8-9,11-12H,1,4-7,10H2,2H3,(H,19,20,22)/t12-/m1/s1. The normalized spacial score (nSPS) is 14.4. The van der Waals surface area contributed by atoms with Gasteiger partial charge in [0.05, 0.1) is 0 Å². The molecule has 1 aromatic carbocycles. The molecule has 1 atom stereocenters. The number of hydrogen-bond donors (Lipinski definition) is 1. The Kier molecular flexibility index (Phi) is 6.09. The number of nitrogens with one attached hydrogen (secondary N) is 1. The molecule has 0 saturated carbocycles. The minimum Gasteiger partial charge on any atom is -0.481 e. The number of amides is 1. The van der Waals surface area contributed by atoms with Crippen LogP contribution in [0.1, 0.15) is 30.9 Å². The topological polar surface area (TPSA) is 64.1 Å². The molecule has 0 fully saturated rings. The van der Waals surface area contributed by atoms with E-state index in [2.05, 4.69) is 34.2 Å². The molecule has 132 valence electrons. The van der Waals surface area contributed by atoms with Gasteiger partial charge in [0.15, 0.2) is 10.4 Å². The number of aromatic nitrogens is 2. The first-order chi connectivity index (χ1) is 12.2. The fourth-order valence-electron chi connectivity index (χ4n) is 2.70. The molecule has 1 aromatic heterocycles. The molecule has 0 unspecified atom stereocenters. The van der Waals surface area contributed by atoms with Gasteiger partial charge < -0.3 is 4.74 Å². The van der Waals surface area contributed by atoms with E-state index in [1.54, 1.807) is 13.0 Å². The number of anilines is 1. The minimum absolute atomic E-state index is 0.228. The summed E-state index contributed by atoms with van der Waals surface area (Å²) in [5, 5.41) is 11.3. The van der Waals surface area contributed by atoms with Gasteiger partial charge in [-0.25, -0.2) is 0 Å². The second-order valence-corrected chi connectivity index (χ2v) is 8.10. The Bertz CT molecular complexity index is 761. The lowest BCUT2D eigenvalue weighted by molar-refractivity contribution is -0.122. The van der Waals surface area contributed by atoms with E-state index in [4.69, 9.17) is 4.74 Å². The van der Waals surface area contributed by atoms with Crippen LogP contribution in [0.15, 0.2) is 35.2 Å². The van der Waals surface area contributed by atoms with Gasteiger partial charge in [-0.3, -0.25) is 10.1 Å². The Morgan fingerprint density at radius 1 is 1.40 bits per heavy atom. The molecular weight excluding hydrogens is 354 g/mol. The van der Waals surface area contributed by atoms with Crippen LogP contribution in [0.25, 0.3) is 0 Å². The SMILES string of the molecule is C=CCSc1nnc(NC(=O)[C@@H](C)Oc2ccc3c(c2)CCCC3)s1. The van der Waals surface area contributed by atoms with E-state index in [9.17, 15) is 4.79 Å². The third-order valence-electron chi connectivity index (χ3n) is 3.96. The van der Waals surface area contributed by atoms with Gasteiger partial charge in [0.25, 0.3) is 5.91 Å². The average molecular weight is 376 g/mol. The summed E-state index contributed by atoms with van der Waals surface area (Å²) in [5.74, 6) is 1.28. The Labute approximate surface area is 155 Å². The molecule has 1 aliphatic carbocycles. The number of fused-ring (bicyclic) bond motifs is 1. The molecule has 7 heteroatoms. The average Bonchev–Trinajstić information content (AvgIpc) is 3.07. The lowest BCUT2D eigenvalue weighted by Crippen LogP contribution is -2.30. The van der Waals surface area contributed by atoms with Gasteiger partial charge in [-0.05, 0) is 55.9 Å². The second-order valence-electron chi connectivity index (χ2n) is 5.86. The van der Waals surface area contributed by atoms with E-state index in [1.165, 1.54) is 47.1 Å². The van der Waals surface area contributed by atoms with Gasteiger partial charge in [0, 0.05) is 5.75 Å². The van der Waals surface area contributed by atoms with Gasteiger partial charge in [0.2, 0.25) is 5.13 Å². The molecule has 1 heterocycles. The van der Waals surface area contributed by atoms with Crippen LogP contribution in [0.4, 0.5) is 5.13 Å². The molecule has 0 saturated heterocycles. The molecule has 5 nitrogen and oxygen atoms in total. The molecule has 3 rings (SSSR count). The van der Waals surface area contributed by atoms with Crippen LogP contribution in [-0.2, 0) is 17.6 Å². The van der Waals surface area contributed by atoms with Crippen LogP contribution >= 0.6 is 23.1 Å². The molecule has 25 heavy (non-hydrogen) atoms. The Hall–Kier alpha value is -1.86. The molecule has 0 radical (unpaired) electrons. The zero-order chi connectivity index (χ0) is 17.6. The zero-order valence-corrected chi connectivity index (χ0v) is 15.8. The Balaban J connectivity index is 1.57. The van der Waals surface area contributed by atoms with Crippen molar-refractivity contribution in [1.29, 1.82) is 0 Å². The van der Waals surface area contributed by atoms with Gasteiger partial charge in [0.1, 0.15) is 5.75 Å². The van der Waals surface area contributed by atoms with Gasteiger partial charge in [-0.2, -0.15) is 0 Å². The molecule has 0 bridgehead atoms. The first kappa shape index (κ1) is 17.9. The highest BCUT2D eigenvalue weighted by Crippen LogP contribution is 2.27. The Morgan fingerprint density at radius 3 is 3.00 bits per heavy atom. The Morgan fingerprint density at radius 2 is 2.20 bits per heavy atom. The van der Waals surface area contributed by atoms with Crippen LogP contribution < -0.4 is 10.1 Å². The zero-order valence-electron chi connectivity index (χ0n) is 14.2. The van der Waals surface area contributed by atoms with E-state index >= 15 is 0 Å². The predicted molar refractivity (Wildman–Crippen MR) is 103 cm³/mol. The van der Waals surface area contributed by atoms with Crippen molar-refractivity contribution in [3.8, 4) is 5.75 Å². The van der Waals surface area contributed by atoms with Gasteiger partial charge in [-0.15, -0.1) is 16.8 Å². The lowest BCUT2D eigenvalue weighted by atomic mass is 9.92. The van der Waals surface area contributed by atoms with Crippen molar-refractivity contribution in [2.75, 3.05) is 11.1 Å². The number of thioether (sulfide) groups is 1. The van der Waals surface area contributed by atoms with Crippen molar-refractivity contribution in [1.82, 2.24) is 10.2 Å².